The van der Waals surface area contributed by atoms with E-state index in [1.165, 1.54) is 19.8 Å². The number of hydrogen-bond donors (Lipinski definition) is 5. The molecule has 0 radical (unpaired) electrons. The molecule has 1 aliphatic rings. The van der Waals surface area contributed by atoms with E-state index in [2.05, 4.69) is 26.6 Å². The monoisotopic (exact) mass is 2240 g/mol. The van der Waals surface area contributed by atoms with Crippen molar-refractivity contribution in [3.8, 4) is 0 Å². The molecule has 0 aliphatic heterocycles. The van der Waals surface area contributed by atoms with Gasteiger partial charge in [-0.25, -0.2) is 0 Å². The molecule has 1 fully saturated rings. The van der Waals surface area contributed by atoms with Crippen molar-refractivity contribution in [3.63, 3.8) is 0 Å². The average molecular weight is 2240 g/mol. The molecule has 4 atom stereocenters. The van der Waals surface area contributed by atoms with E-state index in [1.807, 2.05) is 0 Å². The van der Waals surface area contributed by atoms with Crippen LogP contribution in [-0.2, 0) is 178 Å². The topological polar surface area (TPSA) is 535 Å². The van der Waals surface area contributed by atoms with E-state index in [0.717, 1.165) is 154 Å². The molecule has 0 aromatic carbocycles. The van der Waals surface area contributed by atoms with E-state index in [4.69, 9.17) is 130 Å². The summed E-state index contributed by atoms with van der Waals surface area (Å²) in [6, 6.07) is -2.94. The molecule has 44 heteroatoms. The van der Waals surface area contributed by atoms with E-state index in [9.17, 15) is 43.2 Å². The van der Waals surface area contributed by atoms with Gasteiger partial charge in [-0.1, -0.05) is 38.5 Å². The van der Waals surface area contributed by atoms with E-state index in [1.54, 1.807) is 7.11 Å². The Labute approximate surface area is 884 Å². The van der Waals surface area contributed by atoms with Crippen LogP contribution in [0.4, 0.5) is 0 Å². The summed E-state index contributed by atoms with van der Waals surface area (Å²) in [6.07, 6.45) is 25.7. The van der Waals surface area contributed by atoms with Crippen LogP contribution in [0.25, 0.3) is 16.8 Å². The maximum absolute atomic E-state index is 12.5. The Hall–Kier alpha value is -3.56. The molecule has 836 valence electrons. The number of methoxy groups -OCH3 is 1. The van der Waals surface area contributed by atoms with Gasteiger partial charge in [-0.2, -0.15) is 12.1 Å². The Balaban J connectivity index is -0.00000820. The summed E-state index contributed by atoms with van der Waals surface area (Å²) in [5, 5.41) is 21.0. The van der Waals surface area contributed by atoms with Gasteiger partial charge in [0.15, 0.2) is 5.78 Å². The van der Waals surface area contributed by atoms with Crippen LogP contribution < -0.4 is 50.8 Å². The number of carbonyl (C=O) groups is 8. The smallest absolute Gasteiger partial charge is 0.870 e. The third-order valence-electron chi connectivity index (χ3n) is 20.0. The number of nitrogens with zero attached hydrogens (tertiary/aromatic N) is 1. The second-order valence-electron chi connectivity index (χ2n) is 32.8. The van der Waals surface area contributed by atoms with Crippen LogP contribution in [0, 0.1) is 0 Å². The van der Waals surface area contributed by atoms with Gasteiger partial charge in [-0.15, -0.1) is 6.04 Å². The number of carboxylic acid groups (broad SMARTS) is 1. The quantitative estimate of drug-likeness (QED) is 0.0201. The van der Waals surface area contributed by atoms with Crippen LogP contribution in [0.3, 0.4) is 0 Å². The molecule has 0 spiro atoms. The van der Waals surface area contributed by atoms with Gasteiger partial charge in [0.05, 0.1) is 64.6 Å². The first-order valence-corrected chi connectivity index (χ1v) is 51.3. The Morgan fingerprint density at radius 3 is 0.761 bits per heavy atom. The summed E-state index contributed by atoms with van der Waals surface area (Å²) in [6.45, 7) is 30.1. The molecule has 8 N–H and O–H groups in total. The number of aliphatic carboxylic acids is 1. The molecule has 0 aromatic rings. The average Bonchev–Trinajstić information content (AvgIpc) is 0.930. The molecule has 0 saturated heterocycles. The molecule has 2 unspecified atom stereocenters. The summed E-state index contributed by atoms with van der Waals surface area (Å²) < 4.78 is 135. The van der Waals surface area contributed by atoms with Gasteiger partial charge >= 0.3 is 29.6 Å². The molecule has 142 heavy (non-hydrogen) atoms. The Morgan fingerprint density at radius 2 is 0.528 bits per heavy atom. The SMILES string of the molecule is COCCOCCCOCCCOCCCOCCCOCCCOCCCOCCCOCCCOCCCOCCCOCCCOCCCOCCCOCCCOCCCOCCCOCCCOCCCOCCCOCCCOCCCOCCOCCC(=O)CCCCCC(NC(=O)CCC(=O)NCC(=O)NCC(=O)NCC(=O)[N-]C([C-]=O)C(=O)O)C(C)=O.[NH-][C@H]1CCCC[C@@H]1[NH-].[Na+].[OH-].[Pt]. The van der Waals surface area contributed by atoms with Gasteiger partial charge in [0.2, 0.25) is 23.6 Å². The van der Waals surface area contributed by atoms with Crippen LogP contribution in [0.15, 0.2) is 0 Å². The number of ketones is 2. The molecule has 42 nitrogen and oxygen atoms in total. The molecule has 0 heterocycles. The van der Waals surface area contributed by atoms with Gasteiger partial charge < -0.3 is 172 Å². The molecular formula is C98H184N7NaO35Pt-4. The van der Waals surface area contributed by atoms with Crippen molar-refractivity contribution in [2.24, 2.45) is 0 Å². The van der Waals surface area contributed by atoms with E-state index in [-0.39, 0.29) is 99.0 Å². The van der Waals surface area contributed by atoms with Crippen molar-refractivity contribution < 1.29 is 218 Å². The van der Waals surface area contributed by atoms with Gasteiger partial charge in [-0.3, -0.25) is 39.8 Å². The number of unbranched alkanes of at least 4 members (excludes halogenated alkanes) is 2. The molecule has 1 aliphatic carbocycles. The fraction of sp³-hybridized carbons (Fsp3) is 0.908. The van der Waals surface area contributed by atoms with E-state index >= 15 is 0 Å². The third-order valence-corrected chi connectivity index (χ3v) is 20.0. The zero-order valence-electron chi connectivity index (χ0n) is 86.6. The van der Waals surface area contributed by atoms with Crippen LogP contribution in [-0.4, -0.2) is 425 Å². The molecule has 1 saturated carbocycles. The van der Waals surface area contributed by atoms with E-state index in [0.29, 0.717) is 343 Å². The fourth-order valence-corrected chi connectivity index (χ4v) is 12.4. The minimum absolute atomic E-state index is 0. The number of carboxylic acids is 1. The largest absolute Gasteiger partial charge is 1.00 e. The second kappa shape index (κ2) is 121. The zero-order chi connectivity index (χ0) is 101. The second-order valence-corrected chi connectivity index (χ2v) is 32.8. The number of ether oxygens (including phenoxy) is 24. The van der Waals surface area contributed by atoms with Crippen molar-refractivity contribution >= 4 is 53.4 Å². The Kier molecular flexibility index (Phi) is 123. The number of amides is 5. The number of Topliss-reactive ketones (excluding diaryl/α,β-unsaturated/α-hetero) is 2. The first kappa shape index (κ1) is 145. The maximum atomic E-state index is 12.5. The fourth-order valence-electron chi connectivity index (χ4n) is 12.4. The van der Waals surface area contributed by atoms with Gasteiger partial charge in [0.1, 0.15) is 5.78 Å². The Morgan fingerprint density at radius 1 is 0.303 bits per heavy atom. The molecular weight excluding hydrogens is 2050 g/mol. The zero-order valence-corrected chi connectivity index (χ0v) is 90.9. The molecule has 0 bridgehead atoms. The first-order chi connectivity index (χ1) is 68.2. The standard InChI is InChI=1S/C92H172N5O34.C6H12N2.Na.H2O.Pt/c1-83(99)85(96-88(102)30-29-87(101)93-79-89(103)94-80-90(104)95-81-91(105)97-86(82-98)92(106)107)28-5-3-4-27-84(100)31-74-131-78-77-130-73-26-71-128-69-24-67-126-65-22-63-124-61-20-59-122-57-18-55-120-53-16-51-118-49-14-47-116-45-12-43-114-41-10-39-112-37-8-35-110-33-6-32-109-34-7-36-111-38-9-40-113-42-11-44-115-46-13-48-117-50-15-52-119-54-17-56-121-58-19-60-123-62-21-64-125-66-23-68-127-70-25-72-129-76-75-108-2;7-5-3-1-2-4-6(5)8;;;/h85-86H,3-81H2,1-2H3,(H6,93,94,95,96,97,101,102,103,104,105,106,107);5-8H,1-4H2;;1H2;/q-1;-2;+1;;/p-2/t;5-,6-;;;/m.0.../s1. The van der Waals surface area contributed by atoms with Crippen molar-refractivity contribution in [1.82, 2.24) is 21.3 Å². The summed E-state index contributed by atoms with van der Waals surface area (Å²) in [4.78, 5) is 106. The molecule has 5 amide bonds. The molecule has 0 aromatic heterocycles. The number of hydrogen-bond acceptors (Lipinski definition) is 34. The molecule has 1 rings (SSSR count). The predicted octanol–water partition coefficient (Wildman–Crippen LogP) is 6.01. The van der Waals surface area contributed by atoms with Crippen LogP contribution >= 0.6 is 0 Å². The summed E-state index contributed by atoms with van der Waals surface area (Å²) >= 11 is 0. The van der Waals surface area contributed by atoms with Gasteiger partial charge in [0, 0.05) is 331 Å². The third kappa shape index (κ3) is 115. The number of rotatable bonds is 113. The van der Waals surface area contributed by atoms with Crippen molar-refractivity contribution in [1.29, 1.82) is 0 Å². The summed E-state index contributed by atoms with van der Waals surface area (Å²) in [5.74, 6) is -5.73. The van der Waals surface area contributed by atoms with Crippen LogP contribution in [0.5, 0.6) is 0 Å². The Bertz CT molecular complexity index is 2730. The summed E-state index contributed by atoms with van der Waals surface area (Å²) in [7, 11) is 1.67. The van der Waals surface area contributed by atoms with Gasteiger partial charge in [0.25, 0.3) is 5.97 Å². The number of nitrogens with one attached hydrogen (secondary N) is 6. The van der Waals surface area contributed by atoms with Crippen LogP contribution in [0.1, 0.15) is 219 Å². The van der Waals surface area contributed by atoms with E-state index < -0.39 is 67.2 Å². The minimum atomic E-state index is -2.02. The predicted molar refractivity (Wildman–Crippen MR) is 523 cm³/mol. The van der Waals surface area contributed by atoms with Crippen LogP contribution in [0.2, 0.25) is 0 Å². The van der Waals surface area contributed by atoms with Gasteiger partial charge in [-0.05, 0) is 155 Å². The normalized spacial score (nSPS) is 13.2. The van der Waals surface area contributed by atoms with Crippen molar-refractivity contribution in [3.05, 3.63) is 16.8 Å². The van der Waals surface area contributed by atoms with Crippen molar-refractivity contribution in [2.45, 2.75) is 243 Å². The first-order valence-electron chi connectivity index (χ1n) is 51.3. The summed E-state index contributed by atoms with van der Waals surface area (Å²) in [5.41, 5.74) is 14.6. The van der Waals surface area contributed by atoms with Crippen molar-refractivity contribution in [2.75, 3.05) is 337 Å². The minimum Gasteiger partial charge on any atom is -0.870 e. The maximum Gasteiger partial charge on any atom is 1.00 e. The number of carbonyl (C=O) groups excluding carboxylic acids is 8.